The Bertz CT molecular complexity index is 104. The van der Waals surface area contributed by atoms with Crippen LogP contribution >= 0.6 is 0 Å². The van der Waals surface area contributed by atoms with E-state index < -0.39 is 0 Å². The van der Waals surface area contributed by atoms with Gasteiger partial charge < -0.3 is 10.6 Å². The van der Waals surface area contributed by atoms with Gasteiger partial charge in [0.15, 0.2) is 0 Å². The zero-order valence-corrected chi connectivity index (χ0v) is 7.15. The first-order valence-electron chi connectivity index (χ1n) is 4.12. The largest absolute Gasteiger partial charge is 0.338 e. The SMILES string of the molecule is [CH2]CCCNC(=O)NCCC. The number of carbonyl (C=O) groups is 1. The number of hydrogen-bond donors (Lipinski definition) is 2. The van der Waals surface area contributed by atoms with E-state index in [4.69, 9.17) is 0 Å². The highest BCUT2D eigenvalue weighted by Gasteiger charge is 1.94. The van der Waals surface area contributed by atoms with Crippen LogP contribution in [-0.4, -0.2) is 19.1 Å². The Labute approximate surface area is 68.6 Å². The fourth-order valence-corrected chi connectivity index (χ4v) is 0.628. The van der Waals surface area contributed by atoms with E-state index in [1.54, 1.807) is 0 Å². The van der Waals surface area contributed by atoms with Gasteiger partial charge in [-0.2, -0.15) is 0 Å². The van der Waals surface area contributed by atoms with Gasteiger partial charge in [-0.25, -0.2) is 4.79 Å². The lowest BCUT2D eigenvalue weighted by atomic mass is 10.3. The summed E-state index contributed by atoms with van der Waals surface area (Å²) in [5.41, 5.74) is 0. The van der Waals surface area contributed by atoms with Crippen molar-refractivity contribution >= 4 is 6.03 Å². The fourth-order valence-electron chi connectivity index (χ4n) is 0.628. The highest BCUT2D eigenvalue weighted by molar-refractivity contribution is 5.73. The fraction of sp³-hybridized carbons (Fsp3) is 0.750. The van der Waals surface area contributed by atoms with E-state index in [0.29, 0.717) is 0 Å². The van der Waals surface area contributed by atoms with Crippen LogP contribution in [0.2, 0.25) is 0 Å². The molecule has 0 saturated heterocycles. The molecule has 0 aromatic rings. The molecule has 0 saturated carbocycles. The Morgan fingerprint density at radius 1 is 1.36 bits per heavy atom. The second-order valence-corrected chi connectivity index (χ2v) is 2.39. The zero-order valence-electron chi connectivity index (χ0n) is 7.15. The van der Waals surface area contributed by atoms with E-state index in [1.165, 1.54) is 0 Å². The average Bonchev–Trinajstić information content (AvgIpc) is 2.01. The van der Waals surface area contributed by atoms with Crippen molar-refractivity contribution in [3.05, 3.63) is 6.92 Å². The van der Waals surface area contributed by atoms with Crippen molar-refractivity contribution in [2.75, 3.05) is 13.1 Å². The molecular weight excluding hydrogens is 140 g/mol. The summed E-state index contributed by atoms with van der Waals surface area (Å²) in [6.45, 7) is 7.16. The molecule has 0 fully saturated rings. The Balaban J connectivity index is 3.09. The average molecular weight is 157 g/mol. The molecule has 3 heteroatoms. The Morgan fingerprint density at radius 3 is 2.55 bits per heavy atom. The summed E-state index contributed by atoms with van der Waals surface area (Å²) in [5.74, 6) is 0. The molecule has 1 radical (unpaired) electrons. The van der Waals surface area contributed by atoms with Crippen molar-refractivity contribution < 1.29 is 4.79 Å². The smallest absolute Gasteiger partial charge is 0.314 e. The molecule has 0 aromatic carbocycles. The summed E-state index contributed by atoms with van der Waals surface area (Å²) >= 11 is 0. The van der Waals surface area contributed by atoms with Gasteiger partial charge in [0, 0.05) is 13.1 Å². The molecule has 0 spiro atoms. The van der Waals surface area contributed by atoms with Crippen molar-refractivity contribution in [1.82, 2.24) is 10.6 Å². The van der Waals surface area contributed by atoms with E-state index in [1.807, 2.05) is 6.92 Å². The first kappa shape index (κ1) is 10.3. The molecule has 2 amide bonds. The number of rotatable bonds is 5. The van der Waals surface area contributed by atoms with E-state index in [-0.39, 0.29) is 6.03 Å². The van der Waals surface area contributed by atoms with E-state index >= 15 is 0 Å². The van der Waals surface area contributed by atoms with Gasteiger partial charge in [0.25, 0.3) is 0 Å². The predicted octanol–water partition coefficient (Wildman–Crippen LogP) is 1.31. The summed E-state index contributed by atoms with van der Waals surface area (Å²) < 4.78 is 0. The van der Waals surface area contributed by atoms with E-state index in [2.05, 4.69) is 17.6 Å². The van der Waals surface area contributed by atoms with Crippen LogP contribution in [0.15, 0.2) is 0 Å². The first-order chi connectivity index (χ1) is 5.31. The zero-order chi connectivity index (χ0) is 8.53. The number of hydrogen-bond acceptors (Lipinski definition) is 1. The summed E-state index contributed by atoms with van der Waals surface area (Å²) in [7, 11) is 0. The molecule has 65 valence electrons. The number of carbonyl (C=O) groups excluding carboxylic acids is 1. The number of unbranched alkanes of at least 4 members (excludes halogenated alkanes) is 1. The molecule has 0 rings (SSSR count). The van der Waals surface area contributed by atoms with Gasteiger partial charge in [-0.05, 0) is 12.8 Å². The second-order valence-electron chi connectivity index (χ2n) is 2.39. The molecule has 11 heavy (non-hydrogen) atoms. The molecule has 0 atom stereocenters. The van der Waals surface area contributed by atoms with Gasteiger partial charge in [0.05, 0.1) is 0 Å². The second kappa shape index (κ2) is 7.38. The minimum atomic E-state index is -0.0692. The van der Waals surface area contributed by atoms with Crippen LogP contribution in [0, 0.1) is 6.92 Å². The van der Waals surface area contributed by atoms with Crippen LogP contribution in [0.3, 0.4) is 0 Å². The predicted molar refractivity (Wildman–Crippen MR) is 46.3 cm³/mol. The maximum Gasteiger partial charge on any atom is 0.314 e. The van der Waals surface area contributed by atoms with Crippen LogP contribution in [0.25, 0.3) is 0 Å². The van der Waals surface area contributed by atoms with Crippen LogP contribution in [0.1, 0.15) is 26.2 Å². The minimum absolute atomic E-state index is 0.0692. The molecule has 3 nitrogen and oxygen atoms in total. The molecular formula is C8H17N2O. The van der Waals surface area contributed by atoms with Crippen molar-refractivity contribution in [3.63, 3.8) is 0 Å². The highest BCUT2D eigenvalue weighted by atomic mass is 16.2. The van der Waals surface area contributed by atoms with Crippen LogP contribution in [-0.2, 0) is 0 Å². The summed E-state index contributed by atoms with van der Waals surface area (Å²) in [4.78, 5) is 10.8. The quantitative estimate of drug-likeness (QED) is 0.580. The van der Waals surface area contributed by atoms with Gasteiger partial charge in [0.2, 0.25) is 0 Å². The summed E-state index contributed by atoms with van der Waals surface area (Å²) in [5, 5.41) is 5.45. The van der Waals surface area contributed by atoms with Gasteiger partial charge in [0.1, 0.15) is 0 Å². The highest BCUT2D eigenvalue weighted by Crippen LogP contribution is 1.81. The van der Waals surface area contributed by atoms with Crippen molar-refractivity contribution in [1.29, 1.82) is 0 Å². The number of urea groups is 1. The van der Waals surface area contributed by atoms with Crippen molar-refractivity contribution in [2.45, 2.75) is 26.2 Å². The maximum atomic E-state index is 10.8. The standard InChI is InChI=1S/C8H17N2O/c1-3-5-7-10-8(11)9-6-4-2/h1,3-7H2,2H3,(H2,9,10,11). The molecule has 0 heterocycles. The Morgan fingerprint density at radius 2 is 2.00 bits per heavy atom. The van der Waals surface area contributed by atoms with Crippen LogP contribution in [0.5, 0.6) is 0 Å². The van der Waals surface area contributed by atoms with Gasteiger partial charge in [-0.3, -0.25) is 0 Å². The lowest BCUT2D eigenvalue weighted by molar-refractivity contribution is 0.241. The lowest BCUT2D eigenvalue weighted by Gasteiger charge is -2.04. The van der Waals surface area contributed by atoms with Gasteiger partial charge in [-0.1, -0.05) is 20.3 Å². The first-order valence-corrected chi connectivity index (χ1v) is 4.12. The summed E-state index contributed by atoms with van der Waals surface area (Å²) in [6.07, 6.45) is 2.79. The molecule has 0 bridgehead atoms. The van der Waals surface area contributed by atoms with Crippen LogP contribution in [0.4, 0.5) is 4.79 Å². The number of amides is 2. The molecule has 0 aromatic heterocycles. The molecule has 0 aliphatic heterocycles. The normalized spacial score (nSPS) is 9.27. The van der Waals surface area contributed by atoms with Gasteiger partial charge >= 0.3 is 6.03 Å². The Hall–Kier alpha value is -0.730. The Kier molecular flexibility index (Phi) is 6.89. The van der Waals surface area contributed by atoms with Gasteiger partial charge in [-0.15, -0.1) is 0 Å². The molecule has 0 aliphatic carbocycles. The molecule has 2 N–H and O–H groups in total. The van der Waals surface area contributed by atoms with Crippen molar-refractivity contribution in [3.8, 4) is 0 Å². The topological polar surface area (TPSA) is 41.1 Å². The minimum Gasteiger partial charge on any atom is -0.338 e. The third kappa shape index (κ3) is 7.16. The third-order valence-electron chi connectivity index (χ3n) is 1.25. The molecule has 0 aliphatic rings. The van der Waals surface area contributed by atoms with E-state index in [0.717, 1.165) is 32.4 Å². The summed E-state index contributed by atoms with van der Waals surface area (Å²) in [6, 6.07) is -0.0692. The number of nitrogens with one attached hydrogen (secondary N) is 2. The van der Waals surface area contributed by atoms with E-state index in [9.17, 15) is 4.79 Å². The van der Waals surface area contributed by atoms with Crippen LogP contribution < -0.4 is 10.6 Å². The monoisotopic (exact) mass is 157 g/mol. The lowest BCUT2D eigenvalue weighted by Crippen LogP contribution is -2.36. The maximum absolute atomic E-state index is 10.8. The van der Waals surface area contributed by atoms with Crippen molar-refractivity contribution in [2.24, 2.45) is 0 Å². The third-order valence-corrected chi connectivity index (χ3v) is 1.25. The molecule has 0 unspecified atom stereocenters.